The number of carbonyl (C=O) groups is 1. The number of aromatic nitrogens is 1. The van der Waals surface area contributed by atoms with Gasteiger partial charge in [0.25, 0.3) is 0 Å². The molecular formula is C21H22F3N3O. The SMILES string of the molecule is CCc1ccc(/C=C/C(=O)N2CCN(c3ccc(C(F)(F)F)cn3)CC2)cc1. The predicted octanol–water partition coefficient (Wildman–Crippen LogP) is 4.02. The number of amides is 1. The van der Waals surface area contributed by atoms with E-state index in [4.69, 9.17) is 0 Å². The third-order valence-electron chi connectivity index (χ3n) is 4.80. The molecule has 1 amide bonds. The van der Waals surface area contributed by atoms with E-state index in [-0.39, 0.29) is 5.91 Å². The van der Waals surface area contributed by atoms with Gasteiger partial charge in [0.15, 0.2) is 0 Å². The highest BCUT2D eigenvalue weighted by molar-refractivity contribution is 5.92. The van der Waals surface area contributed by atoms with Crippen LogP contribution in [0.25, 0.3) is 6.08 Å². The summed E-state index contributed by atoms with van der Waals surface area (Å²) in [6.07, 6.45) is 0.790. The lowest BCUT2D eigenvalue weighted by Gasteiger charge is -2.35. The number of hydrogen-bond donors (Lipinski definition) is 0. The number of rotatable bonds is 4. The van der Waals surface area contributed by atoms with Crippen LogP contribution < -0.4 is 4.90 Å². The van der Waals surface area contributed by atoms with Crippen LogP contribution in [0.4, 0.5) is 19.0 Å². The molecule has 148 valence electrons. The Balaban J connectivity index is 1.54. The molecule has 1 aliphatic rings. The van der Waals surface area contributed by atoms with Gasteiger partial charge in [-0.05, 0) is 35.8 Å². The summed E-state index contributed by atoms with van der Waals surface area (Å²) in [6, 6.07) is 10.5. The summed E-state index contributed by atoms with van der Waals surface area (Å²) in [5.74, 6) is 0.422. The Morgan fingerprint density at radius 1 is 1.07 bits per heavy atom. The van der Waals surface area contributed by atoms with Crippen molar-refractivity contribution in [2.75, 3.05) is 31.1 Å². The number of anilines is 1. The minimum absolute atomic E-state index is 0.0698. The van der Waals surface area contributed by atoms with Crippen LogP contribution in [0, 0.1) is 0 Å². The maximum atomic E-state index is 12.6. The Hall–Kier alpha value is -2.83. The van der Waals surface area contributed by atoms with E-state index >= 15 is 0 Å². The lowest BCUT2D eigenvalue weighted by atomic mass is 10.1. The first-order valence-electron chi connectivity index (χ1n) is 9.21. The number of nitrogens with zero attached hydrogens (tertiary/aromatic N) is 3. The Labute approximate surface area is 162 Å². The molecule has 4 nitrogen and oxygen atoms in total. The zero-order chi connectivity index (χ0) is 20.1. The van der Waals surface area contributed by atoms with Gasteiger partial charge in [0, 0.05) is 38.5 Å². The van der Waals surface area contributed by atoms with E-state index in [9.17, 15) is 18.0 Å². The molecule has 2 aromatic rings. The Morgan fingerprint density at radius 2 is 1.75 bits per heavy atom. The number of halogens is 3. The molecule has 1 saturated heterocycles. The van der Waals surface area contributed by atoms with Crippen LogP contribution in [-0.2, 0) is 17.4 Å². The van der Waals surface area contributed by atoms with Crippen LogP contribution in [0.5, 0.6) is 0 Å². The van der Waals surface area contributed by atoms with Crippen molar-refractivity contribution in [3.63, 3.8) is 0 Å². The highest BCUT2D eigenvalue weighted by Crippen LogP contribution is 2.29. The van der Waals surface area contributed by atoms with Gasteiger partial charge in [-0.1, -0.05) is 31.2 Å². The summed E-state index contributed by atoms with van der Waals surface area (Å²) in [6.45, 7) is 4.15. The molecule has 1 aliphatic heterocycles. The Bertz CT molecular complexity index is 821. The number of carbonyl (C=O) groups excluding carboxylic acids is 1. The fourth-order valence-corrected chi connectivity index (χ4v) is 3.03. The monoisotopic (exact) mass is 389 g/mol. The zero-order valence-corrected chi connectivity index (χ0v) is 15.6. The molecule has 0 radical (unpaired) electrons. The molecule has 0 saturated carbocycles. The zero-order valence-electron chi connectivity index (χ0n) is 15.6. The highest BCUT2D eigenvalue weighted by Gasteiger charge is 2.31. The molecule has 2 heterocycles. The van der Waals surface area contributed by atoms with Crippen molar-refractivity contribution in [2.24, 2.45) is 0 Å². The van der Waals surface area contributed by atoms with Crippen molar-refractivity contribution in [1.29, 1.82) is 0 Å². The van der Waals surface area contributed by atoms with Crippen LogP contribution in [0.3, 0.4) is 0 Å². The molecule has 7 heteroatoms. The topological polar surface area (TPSA) is 36.4 Å². The van der Waals surface area contributed by atoms with Crippen LogP contribution in [0.1, 0.15) is 23.6 Å². The van der Waals surface area contributed by atoms with Gasteiger partial charge in [0.1, 0.15) is 5.82 Å². The molecule has 1 fully saturated rings. The maximum absolute atomic E-state index is 12.6. The minimum Gasteiger partial charge on any atom is -0.353 e. The van der Waals surface area contributed by atoms with Gasteiger partial charge in [-0.3, -0.25) is 4.79 Å². The fraction of sp³-hybridized carbons (Fsp3) is 0.333. The van der Waals surface area contributed by atoms with Crippen molar-refractivity contribution in [1.82, 2.24) is 9.88 Å². The average Bonchev–Trinajstić information content (AvgIpc) is 2.72. The average molecular weight is 389 g/mol. The second-order valence-electron chi connectivity index (χ2n) is 6.64. The molecule has 1 aromatic carbocycles. The van der Waals surface area contributed by atoms with Gasteiger partial charge in [-0.25, -0.2) is 4.98 Å². The molecular weight excluding hydrogens is 367 g/mol. The smallest absolute Gasteiger partial charge is 0.353 e. The van der Waals surface area contributed by atoms with Crippen LogP contribution in [0.15, 0.2) is 48.7 Å². The minimum atomic E-state index is -4.39. The van der Waals surface area contributed by atoms with Gasteiger partial charge >= 0.3 is 6.18 Å². The number of benzene rings is 1. The first-order chi connectivity index (χ1) is 13.4. The fourth-order valence-electron chi connectivity index (χ4n) is 3.03. The quantitative estimate of drug-likeness (QED) is 0.741. The van der Waals surface area contributed by atoms with Crippen molar-refractivity contribution in [2.45, 2.75) is 19.5 Å². The third-order valence-corrected chi connectivity index (χ3v) is 4.80. The van der Waals surface area contributed by atoms with Crippen molar-refractivity contribution >= 4 is 17.8 Å². The van der Waals surface area contributed by atoms with E-state index in [1.165, 1.54) is 11.6 Å². The van der Waals surface area contributed by atoms with Gasteiger partial charge in [0.2, 0.25) is 5.91 Å². The molecule has 0 spiro atoms. The van der Waals surface area contributed by atoms with Gasteiger partial charge < -0.3 is 9.80 Å². The van der Waals surface area contributed by atoms with Crippen LogP contribution in [0.2, 0.25) is 0 Å². The number of alkyl halides is 3. The van der Waals surface area contributed by atoms with E-state index in [0.717, 1.165) is 24.2 Å². The molecule has 0 N–H and O–H groups in total. The van der Waals surface area contributed by atoms with Crippen LogP contribution >= 0.6 is 0 Å². The molecule has 0 atom stereocenters. The summed E-state index contributed by atoms with van der Waals surface area (Å²) in [7, 11) is 0. The summed E-state index contributed by atoms with van der Waals surface area (Å²) in [5, 5.41) is 0. The Morgan fingerprint density at radius 3 is 2.29 bits per heavy atom. The van der Waals surface area contributed by atoms with E-state index in [2.05, 4.69) is 11.9 Å². The lowest BCUT2D eigenvalue weighted by molar-refractivity contribution is -0.137. The summed E-state index contributed by atoms with van der Waals surface area (Å²) >= 11 is 0. The van der Waals surface area contributed by atoms with Crippen molar-refractivity contribution < 1.29 is 18.0 Å². The second kappa shape index (κ2) is 8.46. The first-order valence-corrected chi connectivity index (χ1v) is 9.21. The van der Waals surface area contributed by atoms with E-state index in [0.29, 0.717) is 32.0 Å². The standard InChI is InChI=1S/C21H22F3N3O/c1-2-16-3-5-17(6-4-16)7-10-20(28)27-13-11-26(12-14-27)19-9-8-18(15-25-19)21(22,23)24/h3-10,15H,2,11-14H2,1H3/b10-7+. The lowest BCUT2D eigenvalue weighted by Crippen LogP contribution is -2.48. The first kappa shape index (κ1) is 19.9. The Kier molecular flexibility index (Phi) is 6.02. The summed E-state index contributed by atoms with van der Waals surface area (Å²) in [4.78, 5) is 19.9. The molecule has 0 aliphatic carbocycles. The highest BCUT2D eigenvalue weighted by atomic mass is 19.4. The molecule has 1 aromatic heterocycles. The molecule has 3 rings (SSSR count). The molecule has 28 heavy (non-hydrogen) atoms. The van der Waals surface area contributed by atoms with E-state index in [1.807, 2.05) is 29.2 Å². The van der Waals surface area contributed by atoms with E-state index < -0.39 is 11.7 Å². The number of pyridine rings is 1. The van der Waals surface area contributed by atoms with E-state index in [1.54, 1.807) is 17.1 Å². The maximum Gasteiger partial charge on any atom is 0.417 e. The third kappa shape index (κ3) is 4.91. The van der Waals surface area contributed by atoms with Crippen LogP contribution in [-0.4, -0.2) is 42.0 Å². The number of piperazine rings is 1. The number of hydrogen-bond acceptors (Lipinski definition) is 3. The summed E-state index contributed by atoms with van der Waals surface area (Å²) in [5.41, 5.74) is 1.46. The number of aryl methyl sites for hydroxylation is 1. The molecule has 0 bridgehead atoms. The van der Waals surface area contributed by atoms with Gasteiger partial charge in [-0.15, -0.1) is 0 Å². The molecule has 0 unspecified atom stereocenters. The largest absolute Gasteiger partial charge is 0.417 e. The normalized spacial score (nSPS) is 15.3. The van der Waals surface area contributed by atoms with Crippen molar-refractivity contribution in [3.8, 4) is 0 Å². The predicted molar refractivity (Wildman–Crippen MR) is 103 cm³/mol. The van der Waals surface area contributed by atoms with Gasteiger partial charge in [0.05, 0.1) is 5.56 Å². The second-order valence-corrected chi connectivity index (χ2v) is 6.64. The van der Waals surface area contributed by atoms with Gasteiger partial charge in [-0.2, -0.15) is 13.2 Å². The summed E-state index contributed by atoms with van der Waals surface area (Å²) < 4.78 is 37.9. The van der Waals surface area contributed by atoms with Crippen molar-refractivity contribution in [3.05, 3.63) is 65.4 Å².